The van der Waals surface area contributed by atoms with Gasteiger partial charge in [-0.1, -0.05) is 35.9 Å². The summed E-state index contributed by atoms with van der Waals surface area (Å²) in [6.07, 6.45) is 3.46. The summed E-state index contributed by atoms with van der Waals surface area (Å²) < 4.78 is 1.91. The van der Waals surface area contributed by atoms with Crippen LogP contribution in [-0.4, -0.2) is 10.5 Å². The molecule has 5 heteroatoms. The Morgan fingerprint density at radius 2 is 1.92 bits per heavy atom. The number of hydrogen-bond acceptors (Lipinski definition) is 2. The molecule has 4 nitrogen and oxygen atoms in total. The van der Waals surface area contributed by atoms with Gasteiger partial charge in [0.2, 0.25) is 0 Å². The van der Waals surface area contributed by atoms with Gasteiger partial charge in [-0.15, -0.1) is 0 Å². The van der Waals surface area contributed by atoms with E-state index in [0.29, 0.717) is 10.7 Å². The summed E-state index contributed by atoms with van der Waals surface area (Å²) >= 11 is 5.98. The highest BCUT2D eigenvalue weighted by Crippen LogP contribution is 2.21. The molecule has 1 N–H and O–H groups in total. The second kappa shape index (κ2) is 7.73. The van der Waals surface area contributed by atoms with Crippen LogP contribution < -0.4 is 5.32 Å². The molecule has 0 saturated heterocycles. The fourth-order valence-electron chi connectivity index (χ4n) is 2.55. The lowest BCUT2D eigenvalue weighted by Crippen LogP contribution is -2.14. The van der Waals surface area contributed by atoms with Gasteiger partial charge in [-0.2, -0.15) is 5.26 Å². The zero-order valence-corrected chi connectivity index (χ0v) is 14.9. The molecule has 128 valence electrons. The summed E-state index contributed by atoms with van der Waals surface area (Å²) in [5.74, 6) is -0.473. The molecule has 0 saturated carbocycles. The van der Waals surface area contributed by atoms with E-state index in [9.17, 15) is 10.1 Å². The number of hydrogen-bond donors (Lipinski definition) is 1. The molecule has 0 spiro atoms. The number of nitrogens with one attached hydrogen (secondary N) is 1. The molecular weight excluding hydrogens is 346 g/mol. The SMILES string of the molecule is Cc1ccc(Cl)cc1NC(=O)/C(C#N)=C\c1cccn1-c1ccccc1. The van der Waals surface area contributed by atoms with Gasteiger partial charge in [0.15, 0.2) is 0 Å². The average molecular weight is 362 g/mol. The number of para-hydroxylation sites is 1. The molecule has 0 aliphatic carbocycles. The van der Waals surface area contributed by atoms with Gasteiger partial charge in [-0.3, -0.25) is 4.79 Å². The Bertz CT molecular complexity index is 1010. The number of nitriles is 1. The van der Waals surface area contributed by atoms with E-state index in [1.807, 2.05) is 72.3 Å². The Balaban J connectivity index is 1.90. The van der Waals surface area contributed by atoms with Crippen molar-refractivity contribution in [3.63, 3.8) is 0 Å². The summed E-state index contributed by atoms with van der Waals surface area (Å²) in [5, 5.41) is 12.7. The minimum Gasteiger partial charge on any atom is -0.321 e. The van der Waals surface area contributed by atoms with Crippen LogP contribution in [0.3, 0.4) is 0 Å². The van der Waals surface area contributed by atoms with Crippen LogP contribution in [0.4, 0.5) is 5.69 Å². The van der Waals surface area contributed by atoms with Crippen molar-refractivity contribution < 1.29 is 4.79 Å². The molecule has 1 amide bonds. The van der Waals surface area contributed by atoms with Crippen molar-refractivity contribution in [3.05, 3.63) is 88.7 Å². The Kier molecular flexibility index (Phi) is 5.21. The Morgan fingerprint density at radius 3 is 2.65 bits per heavy atom. The molecule has 0 aliphatic rings. The highest BCUT2D eigenvalue weighted by Gasteiger charge is 2.12. The third kappa shape index (κ3) is 3.85. The normalized spacial score (nSPS) is 11.0. The maximum atomic E-state index is 12.5. The number of rotatable bonds is 4. The second-order valence-electron chi connectivity index (χ2n) is 5.72. The number of anilines is 1. The molecule has 1 aromatic heterocycles. The van der Waals surface area contributed by atoms with Crippen LogP contribution in [0.5, 0.6) is 0 Å². The Morgan fingerprint density at radius 1 is 1.15 bits per heavy atom. The smallest absolute Gasteiger partial charge is 0.266 e. The first-order valence-electron chi connectivity index (χ1n) is 8.00. The minimum absolute atomic E-state index is 0.0141. The largest absolute Gasteiger partial charge is 0.321 e. The summed E-state index contributed by atoms with van der Waals surface area (Å²) in [5.41, 5.74) is 3.16. The first-order valence-corrected chi connectivity index (χ1v) is 8.38. The van der Waals surface area contributed by atoms with Crippen LogP contribution in [0.25, 0.3) is 11.8 Å². The predicted octanol–water partition coefficient (Wildman–Crippen LogP) is 4.98. The van der Waals surface area contributed by atoms with Crippen LogP contribution in [0.2, 0.25) is 5.02 Å². The highest BCUT2D eigenvalue weighted by molar-refractivity contribution is 6.31. The highest BCUT2D eigenvalue weighted by atomic mass is 35.5. The van der Waals surface area contributed by atoms with E-state index >= 15 is 0 Å². The quantitative estimate of drug-likeness (QED) is 0.526. The van der Waals surface area contributed by atoms with Gasteiger partial charge in [0.05, 0.1) is 0 Å². The van der Waals surface area contributed by atoms with E-state index in [2.05, 4.69) is 5.32 Å². The molecule has 26 heavy (non-hydrogen) atoms. The van der Waals surface area contributed by atoms with Gasteiger partial charge in [0, 0.05) is 28.3 Å². The summed E-state index contributed by atoms with van der Waals surface area (Å²) in [4.78, 5) is 12.5. The van der Waals surface area contributed by atoms with Gasteiger partial charge in [0.25, 0.3) is 5.91 Å². The molecule has 3 aromatic rings. The zero-order chi connectivity index (χ0) is 18.5. The molecule has 2 aromatic carbocycles. The Labute approximate surface area is 157 Å². The van der Waals surface area contributed by atoms with Crippen LogP contribution in [0, 0.1) is 18.3 Å². The standard InChI is InChI=1S/C21H16ClN3O/c1-15-9-10-17(22)13-20(15)24-21(26)16(14-23)12-19-8-5-11-25(19)18-6-3-2-4-7-18/h2-13H,1H3,(H,24,26)/b16-12-. The monoisotopic (exact) mass is 361 g/mol. The second-order valence-corrected chi connectivity index (χ2v) is 6.16. The lowest BCUT2D eigenvalue weighted by molar-refractivity contribution is -0.112. The third-order valence-corrected chi connectivity index (χ3v) is 4.15. The number of halogens is 1. The van der Waals surface area contributed by atoms with E-state index in [0.717, 1.165) is 16.9 Å². The average Bonchev–Trinajstić information content (AvgIpc) is 3.11. The van der Waals surface area contributed by atoms with Crippen LogP contribution in [0.1, 0.15) is 11.3 Å². The van der Waals surface area contributed by atoms with Crippen molar-refractivity contribution in [1.29, 1.82) is 5.26 Å². The van der Waals surface area contributed by atoms with Crippen molar-refractivity contribution >= 4 is 29.3 Å². The first-order chi connectivity index (χ1) is 12.6. The van der Waals surface area contributed by atoms with Crippen LogP contribution >= 0.6 is 11.6 Å². The van der Waals surface area contributed by atoms with Crippen molar-refractivity contribution in [2.75, 3.05) is 5.32 Å². The van der Waals surface area contributed by atoms with E-state index in [-0.39, 0.29) is 5.57 Å². The van der Waals surface area contributed by atoms with Gasteiger partial charge in [-0.05, 0) is 55.0 Å². The number of aromatic nitrogens is 1. The maximum Gasteiger partial charge on any atom is 0.266 e. The van der Waals surface area contributed by atoms with Crippen molar-refractivity contribution in [2.24, 2.45) is 0 Å². The number of carbonyl (C=O) groups is 1. The number of benzene rings is 2. The lowest BCUT2D eigenvalue weighted by atomic mass is 10.1. The molecule has 0 fully saturated rings. The predicted molar refractivity (Wildman–Crippen MR) is 104 cm³/mol. The van der Waals surface area contributed by atoms with Crippen LogP contribution in [0.15, 0.2) is 72.4 Å². The van der Waals surface area contributed by atoms with E-state index in [1.165, 1.54) is 0 Å². The van der Waals surface area contributed by atoms with Crippen LogP contribution in [-0.2, 0) is 4.79 Å². The number of nitrogens with zero attached hydrogens (tertiary/aromatic N) is 2. The van der Waals surface area contributed by atoms with Gasteiger partial charge in [0.1, 0.15) is 11.6 Å². The minimum atomic E-state index is -0.473. The molecule has 0 bridgehead atoms. The fourth-order valence-corrected chi connectivity index (χ4v) is 2.72. The van der Waals surface area contributed by atoms with Gasteiger partial charge < -0.3 is 9.88 Å². The molecular formula is C21H16ClN3O. The summed E-state index contributed by atoms with van der Waals surface area (Å²) in [6, 6.07) is 20.6. The van der Waals surface area contributed by atoms with Gasteiger partial charge >= 0.3 is 0 Å². The van der Waals surface area contributed by atoms with Gasteiger partial charge in [-0.25, -0.2) is 0 Å². The molecule has 0 unspecified atom stereocenters. The first kappa shape index (κ1) is 17.5. The molecule has 1 heterocycles. The van der Waals surface area contributed by atoms with Crippen molar-refractivity contribution in [1.82, 2.24) is 4.57 Å². The summed E-state index contributed by atoms with van der Waals surface area (Å²) in [7, 11) is 0. The van der Waals surface area contributed by atoms with Crippen molar-refractivity contribution in [2.45, 2.75) is 6.92 Å². The lowest BCUT2D eigenvalue weighted by Gasteiger charge is -2.09. The molecule has 0 radical (unpaired) electrons. The zero-order valence-electron chi connectivity index (χ0n) is 14.1. The number of carbonyl (C=O) groups excluding carboxylic acids is 1. The molecule has 3 rings (SSSR count). The molecule has 0 aliphatic heterocycles. The fraction of sp³-hybridized carbons (Fsp3) is 0.0476. The maximum absolute atomic E-state index is 12.5. The molecule has 0 atom stereocenters. The number of amides is 1. The third-order valence-electron chi connectivity index (χ3n) is 3.92. The van der Waals surface area contributed by atoms with Crippen molar-refractivity contribution in [3.8, 4) is 11.8 Å². The topological polar surface area (TPSA) is 57.8 Å². The number of aryl methyl sites for hydroxylation is 1. The Hall–Kier alpha value is -3.29. The van der Waals surface area contributed by atoms with E-state index in [4.69, 9.17) is 11.6 Å². The van der Waals surface area contributed by atoms with E-state index in [1.54, 1.807) is 18.2 Å². The summed E-state index contributed by atoms with van der Waals surface area (Å²) in [6.45, 7) is 1.86. The van der Waals surface area contributed by atoms with E-state index < -0.39 is 5.91 Å².